The van der Waals surface area contributed by atoms with Gasteiger partial charge in [0.1, 0.15) is 10.8 Å². The average molecular weight is 226 g/mol. The summed E-state index contributed by atoms with van der Waals surface area (Å²) in [6.45, 7) is 0. The van der Waals surface area contributed by atoms with Crippen molar-refractivity contribution in [3.8, 4) is 10.8 Å². The first-order valence-electron chi connectivity index (χ1n) is 4.98. The quantitative estimate of drug-likeness (QED) is 0.676. The first kappa shape index (κ1) is 11.8. The molecule has 1 aliphatic rings. The Balaban J connectivity index is 2.52. The van der Waals surface area contributed by atoms with E-state index in [0.29, 0.717) is 10.5 Å². The maximum atomic E-state index is 8.69. The van der Waals surface area contributed by atoms with E-state index in [-0.39, 0.29) is 0 Å². The van der Waals surface area contributed by atoms with Crippen molar-refractivity contribution in [2.75, 3.05) is 0 Å². The molecule has 2 nitrogen and oxygen atoms in total. The van der Waals surface area contributed by atoms with Gasteiger partial charge < -0.3 is 0 Å². The predicted molar refractivity (Wildman–Crippen MR) is 61.7 cm³/mol. The molecule has 0 aromatic rings. The van der Waals surface area contributed by atoms with Crippen LogP contribution in [0.3, 0.4) is 0 Å². The van der Waals surface area contributed by atoms with E-state index in [2.05, 4.69) is 10.8 Å². The Morgan fingerprint density at radius 2 is 1.21 bits per heavy atom. The summed E-state index contributed by atoms with van der Waals surface area (Å²) in [6.07, 6.45) is 7.18. The third kappa shape index (κ3) is 3.82. The predicted octanol–water partition coefficient (Wildman–Crippen LogP) is 3.51. The standard InChI is InChI=1S/C10H14N2S2/c11-7-13-9-5-3-1-2-4-6-10(9)14-8-12/h9-10H,1-6H2. The lowest BCUT2D eigenvalue weighted by molar-refractivity contribution is 0.523. The minimum absolute atomic E-state index is 0.366. The third-order valence-electron chi connectivity index (χ3n) is 2.55. The van der Waals surface area contributed by atoms with Gasteiger partial charge >= 0.3 is 0 Å². The number of rotatable bonds is 2. The van der Waals surface area contributed by atoms with Crippen molar-refractivity contribution in [3.63, 3.8) is 0 Å². The number of nitriles is 2. The Labute approximate surface area is 94.0 Å². The summed E-state index contributed by atoms with van der Waals surface area (Å²) in [4.78, 5) is 0. The summed E-state index contributed by atoms with van der Waals surface area (Å²) in [5, 5.41) is 22.4. The van der Waals surface area contributed by atoms with Gasteiger partial charge in [0.2, 0.25) is 0 Å². The molecule has 0 amide bonds. The van der Waals surface area contributed by atoms with Crippen LogP contribution in [0.5, 0.6) is 0 Å². The lowest BCUT2D eigenvalue weighted by Crippen LogP contribution is -2.20. The van der Waals surface area contributed by atoms with Crippen LogP contribution < -0.4 is 0 Å². The van der Waals surface area contributed by atoms with Crippen molar-refractivity contribution in [2.45, 2.75) is 49.0 Å². The molecular formula is C10H14N2S2. The largest absolute Gasteiger partial charge is 0.185 e. The monoisotopic (exact) mass is 226 g/mol. The molecule has 14 heavy (non-hydrogen) atoms. The van der Waals surface area contributed by atoms with Gasteiger partial charge in [-0.25, -0.2) is 0 Å². The van der Waals surface area contributed by atoms with Crippen LogP contribution in [0.15, 0.2) is 0 Å². The van der Waals surface area contributed by atoms with Gasteiger partial charge in [-0.1, -0.05) is 25.7 Å². The average Bonchev–Trinajstić information content (AvgIpc) is 2.16. The molecule has 0 spiro atoms. The summed E-state index contributed by atoms with van der Waals surface area (Å²) >= 11 is 2.71. The van der Waals surface area contributed by atoms with E-state index in [1.165, 1.54) is 49.2 Å². The highest BCUT2D eigenvalue weighted by molar-refractivity contribution is 8.08. The van der Waals surface area contributed by atoms with Crippen LogP contribution in [0, 0.1) is 21.3 Å². The van der Waals surface area contributed by atoms with Gasteiger partial charge in [0.15, 0.2) is 0 Å². The number of thioether (sulfide) groups is 2. The van der Waals surface area contributed by atoms with Gasteiger partial charge in [0.25, 0.3) is 0 Å². The molecule has 2 atom stereocenters. The van der Waals surface area contributed by atoms with Crippen LogP contribution in [-0.4, -0.2) is 10.5 Å². The van der Waals surface area contributed by atoms with Crippen molar-refractivity contribution in [1.82, 2.24) is 0 Å². The van der Waals surface area contributed by atoms with Crippen LogP contribution >= 0.6 is 23.5 Å². The second-order valence-electron chi connectivity index (χ2n) is 3.49. The molecular weight excluding hydrogens is 212 g/mol. The Morgan fingerprint density at radius 3 is 1.57 bits per heavy atom. The maximum absolute atomic E-state index is 8.69. The normalized spacial score (nSPS) is 28.1. The summed E-state index contributed by atoms with van der Waals surface area (Å²) < 4.78 is 0. The molecule has 0 aromatic heterocycles. The number of nitrogens with zero attached hydrogens (tertiary/aromatic N) is 2. The second-order valence-corrected chi connectivity index (χ2v) is 5.53. The summed E-state index contributed by atoms with van der Waals surface area (Å²) in [5.41, 5.74) is 0. The lowest BCUT2D eigenvalue weighted by atomic mass is 10.00. The maximum Gasteiger partial charge on any atom is 0.133 e. The van der Waals surface area contributed by atoms with Crippen LogP contribution in [-0.2, 0) is 0 Å². The van der Waals surface area contributed by atoms with E-state index in [1.54, 1.807) is 0 Å². The molecule has 0 N–H and O–H groups in total. The van der Waals surface area contributed by atoms with E-state index < -0.39 is 0 Å². The van der Waals surface area contributed by atoms with E-state index in [1.807, 2.05) is 0 Å². The zero-order valence-corrected chi connectivity index (χ0v) is 9.74. The molecule has 76 valence electrons. The molecule has 0 aliphatic heterocycles. The van der Waals surface area contributed by atoms with Gasteiger partial charge in [0.05, 0.1) is 0 Å². The number of hydrogen-bond donors (Lipinski definition) is 0. The Morgan fingerprint density at radius 1 is 0.786 bits per heavy atom. The molecule has 1 saturated carbocycles. The van der Waals surface area contributed by atoms with Crippen molar-refractivity contribution in [2.24, 2.45) is 0 Å². The van der Waals surface area contributed by atoms with Crippen molar-refractivity contribution in [1.29, 1.82) is 10.5 Å². The fraction of sp³-hybridized carbons (Fsp3) is 0.800. The Bertz CT molecular complexity index is 215. The number of thiocyanates is 2. The molecule has 0 radical (unpaired) electrons. The van der Waals surface area contributed by atoms with Crippen LogP contribution in [0.4, 0.5) is 0 Å². The molecule has 1 aliphatic carbocycles. The van der Waals surface area contributed by atoms with Crippen molar-refractivity contribution in [3.05, 3.63) is 0 Å². The molecule has 0 saturated heterocycles. The summed E-state index contributed by atoms with van der Waals surface area (Å²) in [6, 6.07) is 0. The van der Waals surface area contributed by atoms with Gasteiger partial charge in [-0.15, -0.1) is 0 Å². The highest BCUT2D eigenvalue weighted by Crippen LogP contribution is 2.33. The first-order chi connectivity index (χ1) is 6.88. The molecule has 1 fully saturated rings. The van der Waals surface area contributed by atoms with Crippen LogP contribution in [0.2, 0.25) is 0 Å². The molecule has 4 heteroatoms. The Kier molecular flexibility index (Phi) is 5.91. The minimum Gasteiger partial charge on any atom is -0.185 e. The van der Waals surface area contributed by atoms with Crippen LogP contribution in [0.1, 0.15) is 38.5 Å². The topological polar surface area (TPSA) is 47.6 Å². The molecule has 2 unspecified atom stereocenters. The fourth-order valence-corrected chi connectivity index (χ4v) is 3.57. The smallest absolute Gasteiger partial charge is 0.133 e. The van der Waals surface area contributed by atoms with Gasteiger partial charge in [-0.3, -0.25) is 0 Å². The third-order valence-corrected chi connectivity index (χ3v) is 4.67. The van der Waals surface area contributed by atoms with Crippen molar-refractivity contribution >= 4 is 23.5 Å². The minimum atomic E-state index is 0.366. The van der Waals surface area contributed by atoms with E-state index in [4.69, 9.17) is 10.5 Å². The summed E-state index contributed by atoms with van der Waals surface area (Å²) in [5.74, 6) is 0. The highest BCUT2D eigenvalue weighted by atomic mass is 32.2. The second kappa shape index (κ2) is 7.04. The van der Waals surface area contributed by atoms with Crippen LogP contribution in [0.25, 0.3) is 0 Å². The lowest BCUT2D eigenvalue weighted by Gasteiger charge is -2.23. The fourth-order valence-electron chi connectivity index (χ4n) is 1.82. The van der Waals surface area contributed by atoms with Gasteiger partial charge in [-0.2, -0.15) is 10.5 Å². The molecule has 0 aromatic carbocycles. The zero-order valence-electron chi connectivity index (χ0n) is 8.11. The van der Waals surface area contributed by atoms with Gasteiger partial charge in [0, 0.05) is 10.5 Å². The van der Waals surface area contributed by atoms with E-state index >= 15 is 0 Å². The molecule has 0 bridgehead atoms. The highest BCUT2D eigenvalue weighted by Gasteiger charge is 2.23. The SMILES string of the molecule is N#CSC1CCCCCCC1SC#N. The Hall–Kier alpha value is -0.320. The summed E-state index contributed by atoms with van der Waals surface area (Å²) in [7, 11) is 0. The number of hydrogen-bond acceptors (Lipinski definition) is 4. The van der Waals surface area contributed by atoms with E-state index in [9.17, 15) is 0 Å². The first-order valence-corrected chi connectivity index (χ1v) is 6.74. The van der Waals surface area contributed by atoms with Crippen molar-refractivity contribution < 1.29 is 0 Å². The van der Waals surface area contributed by atoms with E-state index in [0.717, 1.165) is 12.8 Å². The molecule has 1 rings (SSSR count). The van der Waals surface area contributed by atoms with Gasteiger partial charge in [-0.05, 0) is 36.4 Å². The molecule has 0 heterocycles. The zero-order chi connectivity index (χ0) is 10.2.